The zero-order valence-corrected chi connectivity index (χ0v) is 13.0. The molecule has 0 aromatic heterocycles. The van der Waals surface area contributed by atoms with E-state index in [1.54, 1.807) is 0 Å². The van der Waals surface area contributed by atoms with Crippen LogP contribution in [0.15, 0.2) is 46.9 Å². The maximum atomic E-state index is 13.3. The Hall–Kier alpha value is -1.55. The summed E-state index contributed by atoms with van der Waals surface area (Å²) >= 11 is 3.23. The molecule has 0 heterocycles. The van der Waals surface area contributed by atoms with Crippen molar-refractivity contribution in [2.24, 2.45) is 0 Å². The number of nitrogens with two attached hydrogens (primary N) is 1. The summed E-state index contributed by atoms with van der Waals surface area (Å²) in [5.41, 5.74) is 8.68. The van der Waals surface area contributed by atoms with Gasteiger partial charge in [-0.15, -0.1) is 0 Å². The highest BCUT2D eigenvalue weighted by atomic mass is 79.9. The molecule has 0 saturated carbocycles. The summed E-state index contributed by atoms with van der Waals surface area (Å²) in [4.78, 5) is 2.26. The number of hydrogen-bond acceptors (Lipinski definition) is 2. The molecule has 0 spiro atoms. The molecule has 20 heavy (non-hydrogen) atoms. The molecule has 0 unspecified atom stereocenters. The smallest absolute Gasteiger partial charge is 0.137 e. The van der Waals surface area contributed by atoms with Gasteiger partial charge >= 0.3 is 0 Å². The molecule has 0 saturated heterocycles. The van der Waals surface area contributed by atoms with Crippen LogP contribution in [0.1, 0.15) is 18.9 Å². The van der Waals surface area contributed by atoms with Crippen LogP contribution in [-0.2, 0) is 6.54 Å². The minimum atomic E-state index is -0.233. The van der Waals surface area contributed by atoms with Gasteiger partial charge in [0.1, 0.15) is 5.82 Å². The first kappa shape index (κ1) is 14.9. The lowest BCUT2D eigenvalue weighted by Crippen LogP contribution is -2.23. The third-order valence-corrected chi connectivity index (χ3v) is 3.72. The van der Waals surface area contributed by atoms with Gasteiger partial charge in [0.15, 0.2) is 0 Å². The zero-order valence-electron chi connectivity index (χ0n) is 11.4. The molecule has 2 N–H and O–H groups in total. The van der Waals surface area contributed by atoms with Crippen LogP contribution < -0.4 is 10.6 Å². The lowest BCUT2D eigenvalue weighted by Gasteiger charge is -2.24. The van der Waals surface area contributed by atoms with Gasteiger partial charge in [-0.25, -0.2) is 4.39 Å². The second-order valence-corrected chi connectivity index (χ2v) is 5.62. The topological polar surface area (TPSA) is 29.3 Å². The van der Waals surface area contributed by atoms with Crippen molar-refractivity contribution in [2.45, 2.75) is 19.9 Å². The molecule has 0 bridgehead atoms. The molecule has 0 amide bonds. The predicted octanol–water partition coefficient (Wildman–Crippen LogP) is 4.59. The first-order valence-electron chi connectivity index (χ1n) is 6.64. The minimum Gasteiger partial charge on any atom is -0.399 e. The highest BCUT2D eigenvalue weighted by Gasteiger charge is 2.08. The summed E-state index contributed by atoms with van der Waals surface area (Å²) in [6, 6.07) is 13.0. The summed E-state index contributed by atoms with van der Waals surface area (Å²) in [6.45, 7) is 3.83. The Kier molecular flexibility index (Phi) is 5.01. The van der Waals surface area contributed by atoms with Gasteiger partial charge in [-0.3, -0.25) is 0 Å². The van der Waals surface area contributed by atoms with Crippen molar-refractivity contribution < 1.29 is 4.39 Å². The summed E-state index contributed by atoms with van der Waals surface area (Å²) in [5, 5.41) is 0. The fourth-order valence-corrected chi connectivity index (χ4v) is 2.54. The van der Waals surface area contributed by atoms with E-state index in [-0.39, 0.29) is 5.82 Å². The fraction of sp³-hybridized carbons (Fsp3) is 0.250. The number of halogens is 2. The maximum Gasteiger partial charge on any atom is 0.137 e. The minimum absolute atomic E-state index is 0.233. The quantitative estimate of drug-likeness (QED) is 0.809. The van der Waals surface area contributed by atoms with Crippen molar-refractivity contribution >= 4 is 27.3 Å². The SMILES string of the molecule is CCCN(Cc1ccc(F)c(Br)c1)c1ccc(N)cc1. The second-order valence-electron chi connectivity index (χ2n) is 4.76. The van der Waals surface area contributed by atoms with E-state index in [1.807, 2.05) is 36.4 Å². The van der Waals surface area contributed by atoms with Crippen molar-refractivity contribution in [3.8, 4) is 0 Å². The van der Waals surface area contributed by atoms with Crippen LogP contribution in [0.4, 0.5) is 15.8 Å². The molecule has 2 aromatic carbocycles. The number of benzene rings is 2. The average Bonchev–Trinajstić information content (AvgIpc) is 2.43. The van der Waals surface area contributed by atoms with Crippen molar-refractivity contribution in [3.63, 3.8) is 0 Å². The number of anilines is 2. The van der Waals surface area contributed by atoms with Crippen molar-refractivity contribution in [2.75, 3.05) is 17.2 Å². The van der Waals surface area contributed by atoms with Crippen LogP contribution in [0.5, 0.6) is 0 Å². The maximum absolute atomic E-state index is 13.3. The van der Waals surface area contributed by atoms with Gasteiger partial charge in [0, 0.05) is 24.5 Å². The Morgan fingerprint density at radius 3 is 2.45 bits per heavy atom. The van der Waals surface area contributed by atoms with Gasteiger partial charge in [0.2, 0.25) is 0 Å². The lowest BCUT2D eigenvalue weighted by molar-refractivity contribution is 0.619. The van der Waals surface area contributed by atoms with Gasteiger partial charge in [-0.05, 0) is 64.3 Å². The average molecular weight is 337 g/mol. The molecule has 2 rings (SSSR count). The number of hydrogen-bond donors (Lipinski definition) is 1. The molecule has 0 radical (unpaired) electrons. The van der Waals surface area contributed by atoms with Crippen molar-refractivity contribution in [3.05, 3.63) is 58.3 Å². The summed E-state index contributed by atoms with van der Waals surface area (Å²) in [7, 11) is 0. The van der Waals surface area contributed by atoms with Gasteiger partial charge in [0.05, 0.1) is 4.47 Å². The van der Waals surface area contributed by atoms with Crippen LogP contribution in [0.2, 0.25) is 0 Å². The Morgan fingerprint density at radius 1 is 1.15 bits per heavy atom. The largest absolute Gasteiger partial charge is 0.399 e. The molecule has 0 fully saturated rings. The van der Waals surface area contributed by atoms with Crippen LogP contribution in [-0.4, -0.2) is 6.54 Å². The predicted molar refractivity (Wildman–Crippen MR) is 86.3 cm³/mol. The van der Waals surface area contributed by atoms with E-state index in [0.717, 1.165) is 36.4 Å². The van der Waals surface area contributed by atoms with Crippen LogP contribution in [0.3, 0.4) is 0 Å². The number of nitrogen functional groups attached to an aromatic ring is 1. The van der Waals surface area contributed by atoms with Crippen LogP contribution >= 0.6 is 15.9 Å². The molecular weight excluding hydrogens is 319 g/mol. The third kappa shape index (κ3) is 3.73. The van der Waals surface area contributed by atoms with E-state index in [9.17, 15) is 4.39 Å². The monoisotopic (exact) mass is 336 g/mol. The Labute approximate surface area is 127 Å². The normalized spacial score (nSPS) is 10.6. The third-order valence-electron chi connectivity index (χ3n) is 3.11. The molecule has 2 nitrogen and oxygen atoms in total. The van der Waals surface area contributed by atoms with E-state index in [1.165, 1.54) is 6.07 Å². The molecule has 106 valence electrons. The van der Waals surface area contributed by atoms with E-state index >= 15 is 0 Å². The molecule has 4 heteroatoms. The molecular formula is C16H18BrFN2. The Morgan fingerprint density at radius 2 is 1.85 bits per heavy atom. The van der Waals surface area contributed by atoms with Crippen molar-refractivity contribution in [1.82, 2.24) is 0 Å². The highest BCUT2D eigenvalue weighted by molar-refractivity contribution is 9.10. The van der Waals surface area contributed by atoms with Gasteiger partial charge in [-0.1, -0.05) is 13.0 Å². The zero-order chi connectivity index (χ0) is 14.5. The van der Waals surface area contributed by atoms with Crippen molar-refractivity contribution in [1.29, 1.82) is 0 Å². The first-order chi connectivity index (χ1) is 9.60. The Bertz CT molecular complexity index is 569. The van der Waals surface area contributed by atoms with Gasteiger partial charge < -0.3 is 10.6 Å². The van der Waals surface area contributed by atoms with E-state index in [4.69, 9.17) is 5.73 Å². The van der Waals surface area contributed by atoms with Crippen LogP contribution in [0.25, 0.3) is 0 Å². The lowest BCUT2D eigenvalue weighted by atomic mass is 10.2. The van der Waals surface area contributed by atoms with Crippen LogP contribution in [0, 0.1) is 5.82 Å². The second kappa shape index (κ2) is 6.75. The molecule has 0 aliphatic carbocycles. The molecule has 0 aliphatic heterocycles. The standard InChI is InChI=1S/C16H18BrFN2/c1-2-9-20(14-6-4-13(19)5-7-14)11-12-3-8-16(18)15(17)10-12/h3-8,10H,2,9,11,19H2,1H3. The number of rotatable bonds is 5. The fourth-order valence-electron chi connectivity index (χ4n) is 2.11. The summed E-state index contributed by atoms with van der Waals surface area (Å²) < 4.78 is 13.8. The molecule has 0 atom stereocenters. The first-order valence-corrected chi connectivity index (χ1v) is 7.44. The van der Waals surface area contributed by atoms with E-state index in [0.29, 0.717) is 4.47 Å². The Balaban J connectivity index is 2.20. The number of nitrogens with zero attached hydrogens (tertiary/aromatic N) is 1. The molecule has 0 aliphatic rings. The van der Waals surface area contributed by atoms with E-state index in [2.05, 4.69) is 27.8 Å². The molecule has 2 aromatic rings. The summed E-state index contributed by atoms with van der Waals surface area (Å²) in [5.74, 6) is -0.233. The summed E-state index contributed by atoms with van der Waals surface area (Å²) in [6.07, 6.45) is 1.05. The van der Waals surface area contributed by atoms with Gasteiger partial charge in [0.25, 0.3) is 0 Å². The highest BCUT2D eigenvalue weighted by Crippen LogP contribution is 2.22. The van der Waals surface area contributed by atoms with Gasteiger partial charge in [-0.2, -0.15) is 0 Å². The van der Waals surface area contributed by atoms with E-state index < -0.39 is 0 Å².